The van der Waals surface area contributed by atoms with E-state index in [9.17, 15) is 9.90 Å². The van der Waals surface area contributed by atoms with Crippen molar-refractivity contribution in [1.82, 2.24) is 9.88 Å². The van der Waals surface area contributed by atoms with Crippen LogP contribution in [0.1, 0.15) is 61.0 Å². The van der Waals surface area contributed by atoms with Gasteiger partial charge in [0, 0.05) is 31.9 Å². The molecule has 1 aromatic carbocycles. The molecule has 2 atom stereocenters. The maximum absolute atomic E-state index is 12.1. The van der Waals surface area contributed by atoms with Crippen LogP contribution < -0.4 is 5.32 Å². The molecule has 32 heavy (non-hydrogen) atoms. The van der Waals surface area contributed by atoms with Crippen molar-refractivity contribution in [3.8, 4) is 0 Å². The molecule has 1 aromatic heterocycles. The number of carboxylic acids is 1. The molecule has 2 aromatic rings. The fraction of sp³-hybridized carbons (Fsp3) is 0.538. The number of anilines is 1. The molecule has 0 spiro atoms. The Morgan fingerprint density at radius 3 is 3.00 bits per heavy atom. The van der Waals surface area contributed by atoms with Crippen LogP contribution in [-0.4, -0.2) is 53.3 Å². The van der Waals surface area contributed by atoms with E-state index in [0.29, 0.717) is 13.2 Å². The molecule has 0 bridgehead atoms. The van der Waals surface area contributed by atoms with E-state index in [0.717, 1.165) is 74.3 Å². The number of likely N-dealkylation sites (tertiary alicyclic amines) is 1. The summed E-state index contributed by atoms with van der Waals surface area (Å²) in [6.45, 7) is 5.23. The molecule has 0 radical (unpaired) electrons. The average Bonchev–Trinajstić information content (AvgIpc) is 3.27. The molecular weight excluding hydrogens is 402 g/mol. The van der Waals surface area contributed by atoms with Crippen molar-refractivity contribution in [2.75, 3.05) is 31.6 Å². The zero-order valence-corrected chi connectivity index (χ0v) is 19.1. The Bertz CT molecular complexity index is 917. The van der Waals surface area contributed by atoms with E-state index in [1.807, 2.05) is 24.3 Å². The van der Waals surface area contributed by atoms with Crippen molar-refractivity contribution in [3.05, 3.63) is 58.8 Å². The molecule has 0 saturated carbocycles. The number of rotatable bonds is 10. The summed E-state index contributed by atoms with van der Waals surface area (Å²) in [7, 11) is 0. The summed E-state index contributed by atoms with van der Waals surface area (Å²) >= 11 is 0. The van der Waals surface area contributed by atoms with E-state index in [2.05, 4.69) is 29.3 Å². The fourth-order valence-corrected chi connectivity index (χ4v) is 4.90. The van der Waals surface area contributed by atoms with Gasteiger partial charge in [-0.25, -0.2) is 4.98 Å². The van der Waals surface area contributed by atoms with Crippen LogP contribution in [-0.2, 0) is 28.8 Å². The Morgan fingerprint density at radius 2 is 2.16 bits per heavy atom. The van der Waals surface area contributed by atoms with Crippen molar-refractivity contribution in [1.29, 1.82) is 0 Å². The first-order valence-electron chi connectivity index (χ1n) is 12.0. The quantitative estimate of drug-likeness (QED) is 0.542. The van der Waals surface area contributed by atoms with Crippen LogP contribution in [0.3, 0.4) is 0 Å². The van der Waals surface area contributed by atoms with Crippen LogP contribution in [0.2, 0.25) is 0 Å². The molecule has 2 unspecified atom stereocenters. The second-order valence-electron chi connectivity index (χ2n) is 8.87. The van der Waals surface area contributed by atoms with Crippen molar-refractivity contribution >= 4 is 11.8 Å². The zero-order valence-electron chi connectivity index (χ0n) is 19.1. The Balaban J connectivity index is 1.22. The molecule has 4 rings (SSSR count). The summed E-state index contributed by atoms with van der Waals surface area (Å²) in [5.74, 6) is 0.285. The first kappa shape index (κ1) is 22.7. The van der Waals surface area contributed by atoms with Crippen molar-refractivity contribution in [2.45, 2.75) is 64.0 Å². The molecule has 2 aliphatic rings. The molecule has 1 fully saturated rings. The summed E-state index contributed by atoms with van der Waals surface area (Å²) in [5.41, 5.74) is 4.49. The number of nitrogens with zero attached hydrogens (tertiary/aromatic N) is 2. The molecule has 172 valence electrons. The largest absolute Gasteiger partial charge is 0.480 e. The van der Waals surface area contributed by atoms with Crippen LogP contribution in [0.15, 0.2) is 36.4 Å². The number of unbranched alkanes of at least 4 members (excludes halogenated alkanes) is 1. The van der Waals surface area contributed by atoms with Gasteiger partial charge in [-0.3, -0.25) is 9.69 Å². The van der Waals surface area contributed by atoms with E-state index in [1.54, 1.807) is 0 Å². The van der Waals surface area contributed by atoms with Crippen LogP contribution in [0.4, 0.5) is 5.82 Å². The number of pyridine rings is 1. The predicted molar refractivity (Wildman–Crippen MR) is 126 cm³/mol. The number of carbonyl (C=O) groups is 1. The number of aromatic nitrogens is 1. The topological polar surface area (TPSA) is 74.7 Å². The smallest absolute Gasteiger partial charge is 0.325 e. The maximum atomic E-state index is 12.1. The number of aliphatic carboxylic acids is 1. The van der Waals surface area contributed by atoms with Gasteiger partial charge in [0.2, 0.25) is 0 Å². The summed E-state index contributed by atoms with van der Waals surface area (Å²) in [5, 5.41) is 13.3. The fourth-order valence-electron chi connectivity index (χ4n) is 4.90. The van der Waals surface area contributed by atoms with Gasteiger partial charge in [-0.1, -0.05) is 37.3 Å². The molecule has 0 amide bonds. The first-order valence-corrected chi connectivity index (χ1v) is 12.0. The Hall–Kier alpha value is -2.44. The minimum absolute atomic E-state index is 0.108. The standard InChI is InChI=1S/C26H35N3O3/c1-2-19-8-3-4-11-23(19)24(26(30)31)29-16-14-22(18-29)32-17-6-5-10-21-13-12-20-9-7-15-27-25(20)28-21/h3-4,8,11-13,22,24H,2,5-7,9-10,14-18H2,1H3,(H,27,28)(H,30,31). The Morgan fingerprint density at radius 1 is 1.28 bits per heavy atom. The second-order valence-corrected chi connectivity index (χ2v) is 8.87. The van der Waals surface area contributed by atoms with Crippen molar-refractivity contribution < 1.29 is 14.6 Å². The number of hydrogen-bond acceptors (Lipinski definition) is 5. The zero-order chi connectivity index (χ0) is 22.3. The summed E-state index contributed by atoms with van der Waals surface area (Å²) in [6.07, 6.45) is 7.13. The number of fused-ring (bicyclic) bond motifs is 1. The molecule has 2 N–H and O–H groups in total. The first-order chi connectivity index (χ1) is 15.7. The third-order valence-electron chi connectivity index (χ3n) is 6.64. The summed E-state index contributed by atoms with van der Waals surface area (Å²) < 4.78 is 6.12. The van der Waals surface area contributed by atoms with Gasteiger partial charge in [0.25, 0.3) is 0 Å². The predicted octanol–water partition coefficient (Wildman–Crippen LogP) is 4.24. The minimum Gasteiger partial charge on any atom is -0.480 e. The molecule has 6 heteroatoms. The van der Waals surface area contributed by atoms with E-state index in [1.165, 1.54) is 12.0 Å². The number of benzene rings is 1. The van der Waals surface area contributed by atoms with Gasteiger partial charge in [-0.2, -0.15) is 0 Å². The SMILES string of the molecule is CCc1ccccc1C(C(=O)O)N1CCC(OCCCCc2ccc3c(n2)NCCC3)C1. The van der Waals surface area contributed by atoms with Gasteiger partial charge in [0.05, 0.1) is 6.10 Å². The number of ether oxygens (including phenoxy) is 1. The molecule has 0 aliphatic carbocycles. The number of aryl methyl sites for hydroxylation is 3. The second kappa shape index (κ2) is 10.9. The third kappa shape index (κ3) is 5.48. The Labute approximate surface area is 191 Å². The highest BCUT2D eigenvalue weighted by Gasteiger charge is 2.34. The van der Waals surface area contributed by atoms with Crippen LogP contribution in [0.25, 0.3) is 0 Å². The highest BCUT2D eigenvalue weighted by Crippen LogP contribution is 2.29. The number of carboxylic acid groups (broad SMARTS) is 1. The highest BCUT2D eigenvalue weighted by atomic mass is 16.5. The van der Waals surface area contributed by atoms with Crippen molar-refractivity contribution in [3.63, 3.8) is 0 Å². The molecule has 1 saturated heterocycles. The lowest BCUT2D eigenvalue weighted by molar-refractivity contribution is -0.143. The lowest BCUT2D eigenvalue weighted by Crippen LogP contribution is -2.34. The molecule has 3 heterocycles. The highest BCUT2D eigenvalue weighted by molar-refractivity contribution is 5.76. The third-order valence-corrected chi connectivity index (χ3v) is 6.64. The van der Waals surface area contributed by atoms with E-state index in [4.69, 9.17) is 9.72 Å². The monoisotopic (exact) mass is 437 g/mol. The molecule has 6 nitrogen and oxygen atoms in total. The lowest BCUT2D eigenvalue weighted by Gasteiger charge is -2.26. The van der Waals surface area contributed by atoms with E-state index in [-0.39, 0.29) is 6.10 Å². The number of hydrogen-bond donors (Lipinski definition) is 2. The van der Waals surface area contributed by atoms with E-state index < -0.39 is 12.0 Å². The van der Waals surface area contributed by atoms with Crippen LogP contribution >= 0.6 is 0 Å². The van der Waals surface area contributed by atoms with Gasteiger partial charge in [0.15, 0.2) is 0 Å². The van der Waals surface area contributed by atoms with Gasteiger partial charge in [-0.15, -0.1) is 0 Å². The minimum atomic E-state index is -0.779. The molecule has 2 aliphatic heterocycles. The Kier molecular flexibility index (Phi) is 7.76. The van der Waals surface area contributed by atoms with Crippen molar-refractivity contribution in [2.24, 2.45) is 0 Å². The van der Waals surface area contributed by atoms with Gasteiger partial charge < -0.3 is 15.2 Å². The van der Waals surface area contributed by atoms with Crippen LogP contribution in [0, 0.1) is 0 Å². The number of nitrogens with one attached hydrogen (secondary N) is 1. The average molecular weight is 438 g/mol. The normalized spacial score (nSPS) is 19.3. The van der Waals surface area contributed by atoms with Gasteiger partial charge >= 0.3 is 5.97 Å². The van der Waals surface area contributed by atoms with Gasteiger partial charge in [-0.05, 0) is 67.7 Å². The summed E-state index contributed by atoms with van der Waals surface area (Å²) in [6, 6.07) is 11.7. The van der Waals surface area contributed by atoms with E-state index >= 15 is 0 Å². The maximum Gasteiger partial charge on any atom is 0.325 e. The summed E-state index contributed by atoms with van der Waals surface area (Å²) in [4.78, 5) is 18.9. The molecular formula is C26H35N3O3. The van der Waals surface area contributed by atoms with Crippen LogP contribution in [0.5, 0.6) is 0 Å². The lowest BCUT2D eigenvalue weighted by atomic mass is 9.97. The van der Waals surface area contributed by atoms with Gasteiger partial charge in [0.1, 0.15) is 11.9 Å².